The Kier molecular flexibility index (Phi) is 5.94. The first-order chi connectivity index (χ1) is 14.9. The van der Waals surface area contributed by atoms with Crippen LogP contribution in [0, 0.1) is 0 Å². The number of benzene rings is 2. The molecule has 8 heteroatoms. The van der Waals surface area contributed by atoms with Crippen LogP contribution in [-0.2, 0) is 15.6 Å². The number of rotatable bonds is 7. The van der Waals surface area contributed by atoms with Crippen molar-refractivity contribution in [1.29, 1.82) is 0 Å². The number of methoxy groups -OCH3 is 1. The Bertz CT molecular complexity index is 1040. The fraction of sp³-hybridized carbons (Fsp3) is 0.435. The third-order valence-electron chi connectivity index (χ3n) is 6.29. The number of nitrogens with zero attached hydrogens (tertiary/aromatic N) is 2. The molecule has 0 radical (unpaired) electrons. The van der Waals surface area contributed by atoms with E-state index in [4.69, 9.17) is 4.74 Å². The van der Waals surface area contributed by atoms with Gasteiger partial charge in [0.15, 0.2) is 0 Å². The molecule has 2 aliphatic rings. The fourth-order valence-corrected chi connectivity index (χ4v) is 4.98. The second-order valence-electron chi connectivity index (χ2n) is 8.10. The number of hydrogen-bond acceptors (Lipinski definition) is 5. The molecule has 0 atom stereocenters. The van der Waals surface area contributed by atoms with Gasteiger partial charge in [-0.15, -0.1) is 0 Å². The molecule has 0 aromatic heterocycles. The minimum absolute atomic E-state index is 0.0231. The number of nitrogens with one attached hydrogen (secondary N) is 1. The van der Waals surface area contributed by atoms with Crippen LogP contribution < -0.4 is 9.46 Å². The average Bonchev–Trinajstić information content (AvgIpc) is 3.61. The molecule has 31 heavy (non-hydrogen) atoms. The second kappa shape index (κ2) is 8.51. The van der Waals surface area contributed by atoms with Crippen molar-refractivity contribution in [1.82, 2.24) is 9.80 Å². The van der Waals surface area contributed by atoms with Crippen LogP contribution in [0.3, 0.4) is 0 Å². The largest absolute Gasteiger partial charge is 0.496 e. The molecule has 1 saturated heterocycles. The highest BCUT2D eigenvalue weighted by atomic mass is 32.2. The Labute approximate surface area is 184 Å². The van der Waals surface area contributed by atoms with E-state index in [2.05, 4.69) is 33.9 Å². The summed E-state index contributed by atoms with van der Waals surface area (Å²) in [5, 5.41) is 0. The molecule has 1 amide bonds. The van der Waals surface area contributed by atoms with Gasteiger partial charge in [-0.25, -0.2) is 8.42 Å². The Morgan fingerprint density at radius 3 is 2.32 bits per heavy atom. The number of ether oxygens (including phenoxy) is 1. The zero-order valence-corrected chi connectivity index (χ0v) is 18.8. The maximum Gasteiger partial charge on any atom is 0.257 e. The molecule has 7 nitrogen and oxygen atoms in total. The zero-order valence-electron chi connectivity index (χ0n) is 18.0. The summed E-state index contributed by atoms with van der Waals surface area (Å²) < 4.78 is 31.5. The summed E-state index contributed by atoms with van der Waals surface area (Å²) >= 11 is 0. The van der Waals surface area contributed by atoms with Gasteiger partial charge in [0.05, 0.1) is 24.1 Å². The number of sulfonamides is 1. The highest BCUT2D eigenvalue weighted by Gasteiger charge is 2.50. The maximum atomic E-state index is 13.2. The van der Waals surface area contributed by atoms with Crippen LogP contribution in [0.25, 0.3) is 0 Å². The molecule has 1 aliphatic carbocycles. The van der Waals surface area contributed by atoms with Gasteiger partial charge in [0.1, 0.15) is 5.75 Å². The predicted octanol–water partition coefficient (Wildman–Crippen LogP) is 2.90. The van der Waals surface area contributed by atoms with Crippen molar-refractivity contribution in [3.63, 3.8) is 0 Å². The van der Waals surface area contributed by atoms with Gasteiger partial charge in [0.2, 0.25) is 10.0 Å². The summed E-state index contributed by atoms with van der Waals surface area (Å²) in [6.07, 6.45) is 2.32. The molecule has 4 rings (SSSR count). The average molecular weight is 444 g/mol. The first kappa shape index (κ1) is 21.6. The van der Waals surface area contributed by atoms with Crippen LogP contribution in [0.1, 0.15) is 35.7 Å². The number of amides is 1. The predicted molar refractivity (Wildman–Crippen MR) is 121 cm³/mol. The van der Waals surface area contributed by atoms with E-state index in [1.165, 1.54) is 12.7 Å². The lowest BCUT2D eigenvalue weighted by molar-refractivity contribution is 0.0528. The Balaban J connectivity index is 1.44. The zero-order chi connectivity index (χ0) is 22.1. The number of carbonyl (C=O) groups is 1. The van der Waals surface area contributed by atoms with E-state index < -0.39 is 10.0 Å². The molecule has 2 fully saturated rings. The molecule has 1 N–H and O–H groups in total. The highest BCUT2D eigenvalue weighted by molar-refractivity contribution is 7.92. The lowest BCUT2D eigenvalue weighted by atomic mass is 10.0. The van der Waals surface area contributed by atoms with Crippen LogP contribution in [0.2, 0.25) is 0 Å². The molecule has 0 unspecified atom stereocenters. The molecule has 2 aromatic rings. The molecular weight excluding hydrogens is 414 g/mol. The number of piperazine rings is 1. The standard InChI is InChI=1S/C23H29N3O4S/c1-3-31(28,29)24-19-9-10-20(21(17-19)30-2)22(27)25-13-15-26(16-14-25)23(11-12-23)18-7-5-4-6-8-18/h4-10,17,24H,3,11-16H2,1-2H3. The summed E-state index contributed by atoms with van der Waals surface area (Å²) in [6.45, 7) is 4.54. The van der Waals surface area contributed by atoms with Gasteiger partial charge >= 0.3 is 0 Å². The third-order valence-corrected chi connectivity index (χ3v) is 7.60. The Morgan fingerprint density at radius 2 is 1.74 bits per heavy atom. The van der Waals surface area contributed by atoms with Crippen LogP contribution in [0.5, 0.6) is 5.75 Å². The molecule has 2 aromatic carbocycles. The summed E-state index contributed by atoms with van der Waals surface area (Å²) in [6, 6.07) is 15.4. The van der Waals surface area contributed by atoms with Crippen molar-refractivity contribution >= 4 is 21.6 Å². The Hall–Kier alpha value is -2.58. The van der Waals surface area contributed by atoms with Crippen molar-refractivity contribution < 1.29 is 17.9 Å². The monoisotopic (exact) mass is 443 g/mol. The van der Waals surface area contributed by atoms with Crippen molar-refractivity contribution in [2.45, 2.75) is 25.3 Å². The van der Waals surface area contributed by atoms with E-state index in [1.807, 2.05) is 11.0 Å². The van der Waals surface area contributed by atoms with Gasteiger partial charge in [-0.2, -0.15) is 0 Å². The molecule has 0 spiro atoms. The topological polar surface area (TPSA) is 79.0 Å². The Morgan fingerprint density at radius 1 is 1.06 bits per heavy atom. The van der Waals surface area contributed by atoms with Crippen molar-refractivity contribution in [3.05, 3.63) is 59.7 Å². The molecule has 1 heterocycles. The highest BCUT2D eigenvalue weighted by Crippen LogP contribution is 2.51. The summed E-state index contributed by atoms with van der Waals surface area (Å²) in [4.78, 5) is 17.5. The molecule has 0 bridgehead atoms. The van der Waals surface area contributed by atoms with Gasteiger partial charge in [0, 0.05) is 37.8 Å². The first-order valence-electron chi connectivity index (χ1n) is 10.7. The normalized spacial score (nSPS) is 18.5. The van der Waals surface area contributed by atoms with Crippen LogP contribution in [0.15, 0.2) is 48.5 Å². The maximum absolute atomic E-state index is 13.2. The molecule has 1 aliphatic heterocycles. The second-order valence-corrected chi connectivity index (χ2v) is 10.1. The van der Waals surface area contributed by atoms with Gasteiger partial charge in [-0.3, -0.25) is 14.4 Å². The van der Waals surface area contributed by atoms with Crippen LogP contribution >= 0.6 is 0 Å². The first-order valence-corrected chi connectivity index (χ1v) is 12.3. The van der Waals surface area contributed by atoms with E-state index in [0.717, 1.165) is 25.9 Å². The smallest absolute Gasteiger partial charge is 0.257 e. The molecule has 1 saturated carbocycles. The van der Waals surface area contributed by atoms with E-state index >= 15 is 0 Å². The van der Waals surface area contributed by atoms with E-state index in [9.17, 15) is 13.2 Å². The number of hydrogen-bond donors (Lipinski definition) is 1. The van der Waals surface area contributed by atoms with Gasteiger partial charge in [-0.1, -0.05) is 30.3 Å². The van der Waals surface area contributed by atoms with Gasteiger partial charge in [0.25, 0.3) is 5.91 Å². The number of anilines is 1. The van der Waals surface area contributed by atoms with Crippen LogP contribution in [-0.4, -0.2) is 63.2 Å². The van der Waals surface area contributed by atoms with Crippen molar-refractivity contribution in [2.75, 3.05) is 43.8 Å². The molecular formula is C23H29N3O4S. The third kappa shape index (κ3) is 4.41. The van der Waals surface area contributed by atoms with E-state index in [0.29, 0.717) is 30.1 Å². The summed E-state index contributed by atoms with van der Waals surface area (Å²) in [7, 11) is -1.91. The number of carbonyl (C=O) groups excluding carboxylic acids is 1. The van der Waals surface area contributed by atoms with Crippen molar-refractivity contribution in [2.24, 2.45) is 0 Å². The SMILES string of the molecule is CCS(=O)(=O)Nc1ccc(C(=O)N2CCN(C3(c4ccccc4)CC3)CC2)c(OC)c1. The van der Waals surface area contributed by atoms with E-state index in [-0.39, 0.29) is 17.2 Å². The van der Waals surface area contributed by atoms with Crippen LogP contribution in [0.4, 0.5) is 5.69 Å². The summed E-state index contributed by atoms with van der Waals surface area (Å²) in [5.74, 6) is 0.253. The minimum atomic E-state index is -3.39. The van der Waals surface area contributed by atoms with E-state index in [1.54, 1.807) is 25.1 Å². The molecule has 166 valence electrons. The lowest BCUT2D eigenvalue weighted by Crippen LogP contribution is -2.52. The van der Waals surface area contributed by atoms with Gasteiger partial charge < -0.3 is 9.64 Å². The lowest BCUT2D eigenvalue weighted by Gasteiger charge is -2.40. The van der Waals surface area contributed by atoms with Crippen molar-refractivity contribution in [3.8, 4) is 5.75 Å². The quantitative estimate of drug-likeness (QED) is 0.712. The van der Waals surface area contributed by atoms with Gasteiger partial charge in [-0.05, 0) is 37.5 Å². The fourth-order valence-electron chi connectivity index (χ4n) is 4.35. The summed E-state index contributed by atoms with van der Waals surface area (Å²) in [5.41, 5.74) is 2.33. The minimum Gasteiger partial charge on any atom is -0.496 e.